The molecule has 1 unspecified atom stereocenters. The topological polar surface area (TPSA) is 36.4 Å². The van der Waals surface area contributed by atoms with E-state index in [0.29, 0.717) is 5.92 Å². The number of anilines is 1. The molecule has 0 saturated heterocycles. The van der Waals surface area contributed by atoms with Gasteiger partial charge in [0.15, 0.2) is 0 Å². The number of hydrogen-bond acceptors (Lipinski definition) is 3. The third kappa shape index (κ3) is 3.10. The fourth-order valence-electron chi connectivity index (χ4n) is 2.46. The molecule has 1 aromatic carbocycles. The molecule has 1 aromatic heterocycles. The summed E-state index contributed by atoms with van der Waals surface area (Å²) in [4.78, 5) is 6.88. The number of pyridine rings is 1. The van der Waals surface area contributed by atoms with Gasteiger partial charge in [-0.1, -0.05) is 38.5 Å². The molecule has 1 heterocycles. The van der Waals surface area contributed by atoms with Crippen LogP contribution in [0.2, 0.25) is 0 Å². The van der Waals surface area contributed by atoms with Gasteiger partial charge in [0.2, 0.25) is 0 Å². The van der Waals surface area contributed by atoms with Gasteiger partial charge in [-0.15, -0.1) is 0 Å². The Kier molecular flexibility index (Phi) is 4.96. The van der Waals surface area contributed by atoms with Gasteiger partial charge >= 0.3 is 0 Å². The Bertz CT molecular complexity index is 568. The summed E-state index contributed by atoms with van der Waals surface area (Å²) in [5, 5.41) is 10.6. The van der Waals surface area contributed by atoms with Gasteiger partial charge in [0.05, 0.1) is 17.8 Å². The molecule has 1 N–H and O–H groups in total. The van der Waals surface area contributed by atoms with E-state index in [1.165, 1.54) is 12.1 Å². The highest BCUT2D eigenvalue weighted by Gasteiger charge is 2.13. The van der Waals surface area contributed by atoms with Crippen molar-refractivity contribution >= 4 is 16.6 Å². The monoisotopic (exact) mass is 272 g/mol. The summed E-state index contributed by atoms with van der Waals surface area (Å²) in [6.07, 6.45) is 1.17. The maximum atomic E-state index is 9.42. The van der Waals surface area contributed by atoms with E-state index in [2.05, 4.69) is 36.7 Å². The van der Waals surface area contributed by atoms with Crippen LogP contribution in [0, 0.1) is 5.92 Å². The Labute approximate surface area is 121 Å². The lowest BCUT2D eigenvalue weighted by molar-refractivity contribution is 0.277. The molecule has 0 radical (unpaired) electrons. The van der Waals surface area contributed by atoms with Crippen LogP contribution in [0.3, 0.4) is 0 Å². The summed E-state index contributed by atoms with van der Waals surface area (Å²) in [7, 11) is 0. The summed E-state index contributed by atoms with van der Waals surface area (Å²) < 4.78 is 0. The van der Waals surface area contributed by atoms with Crippen LogP contribution in [-0.4, -0.2) is 23.2 Å². The van der Waals surface area contributed by atoms with Gasteiger partial charge < -0.3 is 10.0 Å². The second kappa shape index (κ2) is 6.71. The van der Waals surface area contributed by atoms with Crippen LogP contribution in [0.1, 0.15) is 32.9 Å². The highest BCUT2D eigenvalue weighted by Crippen LogP contribution is 2.27. The van der Waals surface area contributed by atoms with E-state index in [-0.39, 0.29) is 6.61 Å². The SMILES string of the molecule is CCC(C)CN(CC)c1cc(CO)nc2ccccc12. The zero-order chi connectivity index (χ0) is 14.5. The molecular formula is C17H24N2O. The average Bonchev–Trinajstić information content (AvgIpc) is 2.51. The highest BCUT2D eigenvalue weighted by molar-refractivity contribution is 5.92. The first kappa shape index (κ1) is 14.8. The second-order valence-electron chi connectivity index (χ2n) is 5.36. The molecule has 3 heteroatoms. The van der Waals surface area contributed by atoms with Crippen molar-refractivity contribution in [2.75, 3.05) is 18.0 Å². The van der Waals surface area contributed by atoms with Crippen LogP contribution >= 0.6 is 0 Å². The number of fused-ring (bicyclic) bond motifs is 1. The van der Waals surface area contributed by atoms with Crippen molar-refractivity contribution in [3.63, 3.8) is 0 Å². The van der Waals surface area contributed by atoms with Crippen LogP contribution in [0.5, 0.6) is 0 Å². The molecule has 2 rings (SSSR count). The van der Waals surface area contributed by atoms with Crippen LogP contribution < -0.4 is 4.90 Å². The minimum atomic E-state index is -0.0152. The molecule has 2 aromatic rings. The van der Waals surface area contributed by atoms with Crippen molar-refractivity contribution < 1.29 is 5.11 Å². The summed E-state index contributed by atoms with van der Waals surface area (Å²) in [6.45, 7) is 8.66. The number of aliphatic hydroxyl groups is 1. The van der Waals surface area contributed by atoms with Gasteiger partial charge in [-0.05, 0) is 25.0 Å². The third-order valence-corrected chi connectivity index (χ3v) is 3.86. The molecule has 0 aliphatic heterocycles. The van der Waals surface area contributed by atoms with Gasteiger partial charge in [-0.3, -0.25) is 4.98 Å². The first-order chi connectivity index (χ1) is 9.69. The molecule has 0 fully saturated rings. The Morgan fingerprint density at radius 3 is 2.65 bits per heavy atom. The average molecular weight is 272 g/mol. The summed E-state index contributed by atoms with van der Waals surface area (Å²) >= 11 is 0. The normalized spacial score (nSPS) is 12.6. The van der Waals surface area contributed by atoms with E-state index in [4.69, 9.17) is 0 Å². The molecule has 0 amide bonds. The standard InChI is InChI=1S/C17H24N2O/c1-4-13(3)11-19(5-2)17-10-14(12-20)18-16-9-7-6-8-15(16)17/h6-10,13,20H,4-5,11-12H2,1-3H3. The minimum absolute atomic E-state index is 0.0152. The van der Waals surface area contributed by atoms with E-state index in [0.717, 1.165) is 29.7 Å². The van der Waals surface area contributed by atoms with Crippen molar-refractivity contribution in [3.05, 3.63) is 36.0 Å². The molecule has 0 saturated carbocycles. The predicted octanol–water partition coefficient (Wildman–Crippen LogP) is 3.60. The van der Waals surface area contributed by atoms with Crippen molar-refractivity contribution in [1.29, 1.82) is 0 Å². The van der Waals surface area contributed by atoms with Crippen LogP contribution in [0.25, 0.3) is 10.9 Å². The number of para-hydroxylation sites is 1. The second-order valence-corrected chi connectivity index (χ2v) is 5.36. The molecule has 0 bridgehead atoms. The number of benzene rings is 1. The fraction of sp³-hybridized carbons (Fsp3) is 0.471. The lowest BCUT2D eigenvalue weighted by Crippen LogP contribution is -2.28. The fourth-order valence-corrected chi connectivity index (χ4v) is 2.46. The quantitative estimate of drug-likeness (QED) is 0.873. The number of aromatic nitrogens is 1. The van der Waals surface area contributed by atoms with Gasteiger partial charge in [0.1, 0.15) is 0 Å². The third-order valence-electron chi connectivity index (χ3n) is 3.86. The van der Waals surface area contributed by atoms with Crippen molar-refractivity contribution in [2.45, 2.75) is 33.8 Å². The molecular weight excluding hydrogens is 248 g/mol. The van der Waals surface area contributed by atoms with Crippen molar-refractivity contribution in [2.24, 2.45) is 5.92 Å². The van der Waals surface area contributed by atoms with Crippen LogP contribution in [0.4, 0.5) is 5.69 Å². The summed E-state index contributed by atoms with van der Waals surface area (Å²) in [5.41, 5.74) is 2.88. The Morgan fingerprint density at radius 1 is 1.25 bits per heavy atom. The molecule has 1 atom stereocenters. The maximum absolute atomic E-state index is 9.42. The zero-order valence-corrected chi connectivity index (χ0v) is 12.6. The zero-order valence-electron chi connectivity index (χ0n) is 12.6. The van der Waals surface area contributed by atoms with E-state index in [9.17, 15) is 5.11 Å². The van der Waals surface area contributed by atoms with Crippen LogP contribution in [-0.2, 0) is 6.61 Å². The van der Waals surface area contributed by atoms with Gasteiger partial charge in [0.25, 0.3) is 0 Å². The summed E-state index contributed by atoms with van der Waals surface area (Å²) in [6, 6.07) is 10.2. The van der Waals surface area contributed by atoms with E-state index in [1.807, 2.05) is 24.3 Å². The number of aliphatic hydroxyl groups excluding tert-OH is 1. The highest BCUT2D eigenvalue weighted by atomic mass is 16.3. The van der Waals surface area contributed by atoms with Crippen LogP contribution in [0.15, 0.2) is 30.3 Å². The number of hydrogen-bond donors (Lipinski definition) is 1. The van der Waals surface area contributed by atoms with Gasteiger partial charge in [0, 0.05) is 24.2 Å². The van der Waals surface area contributed by atoms with Gasteiger partial charge in [-0.2, -0.15) is 0 Å². The molecule has 20 heavy (non-hydrogen) atoms. The Hall–Kier alpha value is -1.61. The van der Waals surface area contributed by atoms with Gasteiger partial charge in [-0.25, -0.2) is 0 Å². The lowest BCUT2D eigenvalue weighted by Gasteiger charge is -2.27. The van der Waals surface area contributed by atoms with E-state index < -0.39 is 0 Å². The smallest absolute Gasteiger partial charge is 0.0854 e. The first-order valence-corrected chi connectivity index (χ1v) is 7.44. The molecule has 0 aliphatic carbocycles. The predicted molar refractivity (Wildman–Crippen MR) is 85.0 cm³/mol. The maximum Gasteiger partial charge on any atom is 0.0854 e. The largest absolute Gasteiger partial charge is 0.390 e. The molecule has 108 valence electrons. The van der Waals surface area contributed by atoms with Crippen molar-refractivity contribution in [1.82, 2.24) is 4.98 Å². The van der Waals surface area contributed by atoms with Crippen molar-refractivity contribution in [3.8, 4) is 0 Å². The van der Waals surface area contributed by atoms with E-state index in [1.54, 1.807) is 0 Å². The molecule has 3 nitrogen and oxygen atoms in total. The number of rotatable bonds is 6. The number of nitrogens with zero attached hydrogens (tertiary/aromatic N) is 2. The summed E-state index contributed by atoms with van der Waals surface area (Å²) in [5.74, 6) is 0.652. The molecule has 0 aliphatic rings. The first-order valence-electron chi connectivity index (χ1n) is 7.44. The minimum Gasteiger partial charge on any atom is -0.390 e. The Balaban J connectivity index is 2.49. The molecule has 0 spiro atoms. The van der Waals surface area contributed by atoms with E-state index >= 15 is 0 Å². The Morgan fingerprint density at radius 2 is 2.00 bits per heavy atom. The lowest BCUT2D eigenvalue weighted by atomic mass is 10.1.